The summed E-state index contributed by atoms with van der Waals surface area (Å²) in [6, 6.07) is 0.676. The Morgan fingerprint density at radius 1 is 1.04 bits per heavy atom. The lowest BCUT2D eigenvalue weighted by atomic mass is 9.96. The summed E-state index contributed by atoms with van der Waals surface area (Å²) in [5, 5.41) is 3.81. The van der Waals surface area contributed by atoms with Gasteiger partial charge < -0.3 is 15.0 Å². The second kappa shape index (κ2) is 12.7. The van der Waals surface area contributed by atoms with Gasteiger partial charge in [-0.3, -0.25) is 4.79 Å². The summed E-state index contributed by atoms with van der Waals surface area (Å²) in [6.07, 6.45) is 8.33. The van der Waals surface area contributed by atoms with Crippen molar-refractivity contribution >= 4 is 5.97 Å². The summed E-state index contributed by atoms with van der Waals surface area (Å²) >= 11 is 0. The predicted octanol–water partition coefficient (Wildman–Crippen LogP) is 4.09. The Morgan fingerprint density at radius 3 is 2.08 bits per heavy atom. The van der Waals surface area contributed by atoms with Gasteiger partial charge in [-0.2, -0.15) is 0 Å². The lowest BCUT2D eigenvalue weighted by molar-refractivity contribution is -0.147. The zero-order chi connectivity index (χ0) is 18.7. The van der Waals surface area contributed by atoms with Gasteiger partial charge in [-0.05, 0) is 83.0 Å². The van der Waals surface area contributed by atoms with Gasteiger partial charge in [0.2, 0.25) is 0 Å². The van der Waals surface area contributed by atoms with Crippen LogP contribution >= 0.6 is 0 Å². The quantitative estimate of drug-likeness (QED) is 0.423. The van der Waals surface area contributed by atoms with Crippen LogP contribution in [-0.2, 0) is 9.53 Å². The smallest absolute Gasteiger partial charge is 0.308 e. The molecule has 1 saturated heterocycles. The average Bonchev–Trinajstić information content (AvgIpc) is 2.59. The third-order valence-corrected chi connectivity index (χ3v) is 5.39. The first-order valence-corrected chi connectivity index (χ1v) is 10.5. The first-order chi connectivity index (χ1) is 11.9. The summed E-state index contributed by atoms with van der Waals surface area (Å²) in [5.41, 5.74) is 0. The minimum Gasteiger partial charge on any atom is -0.469 e. The third kappa shape index (κ3) is 10.2. The molecule has 1 heterocycles. The van der Waals surface area contributed by atoms with Gasteiger partial charge in [0.15, 0.2) is 0 Å². The molecule has 0 aromatic carbocycles. The number of nitrogens with one attached hydrogen (secondary N) is 1. The number of esters is 1. The highest BCUT2D eigenvalue weighted by molar-refractivity contribution is 5.72. The molecule has 0 spiro atoms. The lowest BCUT2D eigenvalue weighted by Crippen LogP contribution is -2.38. The molecule has 0 aromatic rings. The number of nitrogens with zero attached hydrogens (tertiary/aromatic N) is 1. The molecule has 148 valence electrons. The summed E-state index contributed by atoms with van der Waals surface area (Å²) < 4.78 is 4.86. The number of ether oxygens (including phenoxy) is 1. The second-order valence-electron chi connectivity index (χ2n) is 8.59. The van der Waals surface area contributed by atoms with Crippen LogP contribution in [0.5, 0.6) is 0 Å². The van der Waals surface area contributed by atoms with Gasteiger partial charge in [0.05, 0.1) is 13.0 Å². The standard InChI is InChI=1S/C21H42N2O2/c1-17(2)7-9-20(10-8-18(3)4)22-13-6-14-23-15-11-19(12-16-23)21(24)25-5/h17-20,22H,6-16H2,1-5H3. The maximum absolute atomic E-state index is 11.6. The predicted molar refractivity (Wildman–Crippen MR) is 106 cm³/mol. The van der Waals surface area contributed by atoms with Crippen molar-refractivity contribution in [3.8, 4) is 0 Å². The number of carbonyl (C=O) groups excluding carboxylic acids is 1. The number of hydrogen-bond acceptors (Lipinski definition) is 4. The van der Waals surface area contributed by atoms with E-state index < -0.39 is 0 Å². The molecule has 0 atom stereocenters. The van der Waals surface area contributed by atoms with Gasteiger partial charge in [0.1, 0.15) is 0 Å². The summed E-state index contributed by atoms with van der Waals surface area (Å²) in [7, 11) is 1.50. The zero-order valence-corrected chi connectivity index (χ0v) is 17.4. The first kappa shape index (κ1) is 22.4. The van der Waals surface area contributed by atoms with Crippen LogP contribution in [0.25, 0.3) is 0 Å². The fourth-order valence-electron chi connectivity index (χ4n) is 3.59. The third-order valence-electron chi connectivity index (χ3n) is 5.39. The van der Waals surface area contributed by atoms with Gasteiger partial charge in [-0.1, -0.05) is 27.7 Å². The minimum absolute atomic E-state index is 0.0283. The lowest BCUT2D eigenvalue weighted by Gasteiger charge is -2.30. The molecule has 0 unspecified atom stereocenters. The van der Waals surface area contributed by atoms with Crippen molar-refractivity contribution in [2.45, 2.75) is 78.7 Å². The molecule has 0 bridgehead atoms. The van der Waals surface area contributed by atoms with Crippen LogP contribution in [0, 0.1) is 17.8 Å². The molecule has 1 fully saturated rings. The van der Waals surface area contributed by atoms with Gasteiger partial charge in [-0.25, -0.2) is 0 Å². The SMILES string of the molecule is COC(=O)C1CCN(CCCNC(CCC(C)C)CCC(C)C)CC1. The highest BCUT2D eigenvalue weighted by Gasteiger charge is 2.25. The van der Waals surface area contributed by atoms with Crippen molar-refractivity contribution in [2.75, 3.05) is 33.3 Å². The summed E-state index contributed by atoms with van der Waals surface area (Å²) in [6.45, 7) is 13.6. The Morgan fingerprint density at radius 2 is 1.60 bits per heavy atom. The fourth-order valence-corrected chi connectivity index (χ4v) is 3.59. The van der Waals surface area contributed by atoms with Crippen LogP contribution in [-0.4, -0.2) is 50.2 Å². The van der Waals surface area contributed by atoms with E-state index in [1.165, 1.54) is 39.2 Å². The highest BCUT2D eigenvalue weighted by atomic mass is 16.5. The molecule has 1 aliphatic heterocycles. The van der Waals surface area contributed by atoms with Crippen molar-refractivity contribution in [1.82, 2.24) is 10.2 Å². The van der Waals surface area contributed by atoms with Gasteiger partial charge in [0.25, 0.3) is 0 Å². The van der Waals surface area contributed by atoms with E-state index in [2.05, 4.69) is 37.9 Å². The van der Waals surface area contributed by atoms with Gasteiger partial charge >= 0.3 is 5.97 Å². The van der Waals surface area contributed by atoms with Crippen LogP contribution in [0.2, 0.25) is 0 Å². The second-order valence-corrected chi connectivity index (χ2v) is 8.59. The van der Waals surface area contributed by atoms with E-state index in [-0.39, 0.29) is 11.9 Å². The molecule has 0 amide bonds. The first-order valence-electron chi connectivity index (χ1n) is 10.5. The molecule has 1 N–H and O–H groups in total. The monoisotopic (exact) mass is 354 g/mol. The molecular weight excluding hydrogens is 312 g/mol. The Balaban J connectivity index is 2.19. The number of methoxy groups -OCH3 is 1. The average molecular weight is 355 g/mol. The Labute approximate surface area is 156 Å². The van der Waals surface area contributed by atoms with E-state index in [4.69, 9.17) is 4.74 Å². The molecule has 4 nitrogen and oxygen atoms in total. The zero-order valence-electron chi connectivity index (χ0n) is 17.4. The van der Waals surface area contributed by atoms with Crippen molar-refractivity contribution in [3.63, 3.8) is 0 Å². The van der Waals surface area contributed by atoms with Crippen molar-refractivity contribution in [2.24, 2.45) is 17.8 Å². The van der Waals surface area contributed by atoms with Crippen LogP contribution in [0.15, 0.2) is 0 Å². The summed E-state index contributed by atoms with van der Waals surface area (Å²) in [4.78, 5) is 14.1. The molecule has 1 aliphatic rings. The van der Waals surface area contributed by atoms with Crippen LogP contribution in [0.3, 0.4) is 0 Å². The molecule has 25 heavy (non-hydrogen) atoms. The van der Waals surface area contributed by atoms with Gasteiger partial charge in [0, 0.05) is 6.04 Å². The van der Waals surface area contributed by atoms with Crippen molar-refractivity contribution in [3.05, 3.63) is 0 Å². The highest BCUT2D eigenvalue weighted by Crippen LogP contribution is 2.18. The Hall–Kier alpha value is -0.610. The number of carbonyl (C=O) groups is 1. The van der Waals surface area contributed by atoms with E-state index in [0.29, 0.717) is 6.04 Å². The maximum atomic E-state index is 11.6. The molecule has 0 radical (unpaired) electrons. The van der Waals surface area contributed by atoms with Gasteiger partial charge in [-0.15, -0.1) is 0 Å². The largest absolute Gasteiger partial charge is 0.469 e. The number of likely N-dealkylation sites (tertiary alicyclic amines) is 1. The van der Waals surface area contributed by atoms with Crippen molar-refractivity contribution < 1.29 is 9.53 Å². The molecular formula is C21H42N2O2. The molecule has 0 aromatic heterocycles. The van der Waals surface area contributed by atoms with Crippen LogP contribution in [0.4, 0.5) is 0 Å². The van der Waals surface area contributed by atoms with E-state index in [0.717, 1.165) is 50.9 Å². The Bertz CT molecular complexity index is 338. The topological polar surface area (TPSA) is 41.6 Å². The van der Waals surface area contributed by atoms with Crippen LogP contribution < -0.4 is 5.32 Å². The van der Waals surface area contributed by atoms with E-state index in [9.17, 15) is 4.79 Å². The van der Waals surface area contributed by atoms with Crippen LogP contribution in [0.1, 0.15) is 72.6 Å². The molecule has 4 heteroatoms. The molecule has 1 rings (SSSR count). The number of rotatable bonds is 12. The van der Waals surface area contributed by atoms with E-state index in [1.807, 2.05) is 0 Å². The number of hydrogen-bond donors (Lipinski definition) is 1. The molecule has 0 saturated carbocycles. The Kier molecular flexibility index (Phi) is 11.4. The maximum Gasteiger partial charge on any atom is 0.308 e. The van der Waals surface area contributed by atoms with Crippen molar-refractivity contribution in [1.29, 1.82) is 0 Å². The van der Waals surface area contributed by atoms with E-state index in [1.54, 1.807) is 0 Å². The van der Waals surface area contributed by atoms with E-state index >= 15 is 0 Å². The fraction of sp³-hybridized carbons (Fsp3) is 0.952. The minimum atomic E-state index is -0.0283. The molecule has 0 aliphatic carbocycles. The summed E-state index contributed by atoms with van der Waals surface area (Å²) in [5.74, 6) is 1.68. The normalized spacial score (nSPS) is 17.0. The number of piperidine rings is 1.